The minimum atomic E-state index is -0.210. The Morgan fingerprint density at radius 3 is 2.72 bits per heavy atom. The van der Waals surface area contributed by atoms with Gasteiger partial charge in [-0.05, 0) is 60.0 Å². The van der Waals surface area contributed by atoms with E-state index in [2.05, 4.69) is 76.2 Å². The summed E-state index contributed by atoms with van der Waals surface area (Å²) in [5, 5.41) is 3.24. The summed E-state index contributed by atoms with van der Waals surface area (Å²) in [5.74, 6) is 1.10. The van der Waals surface area contributed by atoms with E-state index >= 15 is 0 Å². The second kappa shape index (κ2) is 9.30. The van der Waals surface area contributed by atoms with Crippen molar-refractivity contribution >= 4 is 22.9 Å². The average molecular weight is 452 g/mol. The van der Waals surface area contributed by atoms with Crippen LogP contribution in [0.15, 0.2) is 60.5 Å². The summed E-state index contributed by atoms with van der Waals surface area (Å²) in [6.07, 6.45) is 1.01. The summed E-state index contributed by atoms with van der Waals surface area (Å²) >= 11 is 1.68. The standard InChI is InChI=1S/C26H30FN3OS/c1-3-32-30-18(2)14-23-22-6-4-5-7-24(22)28-25(23)26(30)20-8-10-21(11-9-20)31-13-12-29-16-19(15-27)17-29/h3-11,18-19,26,28H,1,12-17H2,2H3/t18-,26-/m1/s1. The molecule has 0 aliphatic carbocycles. The third-order valence-corrected chi connectivity index (χ3v) is 7.59. The summed E-state index contributed by atoms with van der Waals surface area (Å²) in [6.45, 7) is 9.22. The number of fused-ring (bicyclic) bond motifs is 3. The van der Waals surface area contributed by atoms with Gasteiger partial charge in [0.2, 0.25) is 0 Å². The fraction of sp³-hybridized carbons (Fsp3) is 0.385. The van der Waals surface area contributed by atoms with Crippen LogP contribution in [0.5, 0.6) is 5.75 Å². The van der Waals surface area contributed by atoms with Gasteiger partial charge in [-0.3, -0.25) is 9.29 Å². The molecule has 32 heavy (non-hydrogen) atoms. The van der Waals surface area contributed by atoms with E-state index in [0.29, 0.717) is 12.6 Å². The first kappa shape index (κ1) is 21.6. The Morgan fingerprint density at radius 2 is 1.97 bits per heavy atom. The van der Waals surface area contributed by atoms with E-state index in [1.165, 1.54) is 27.7 Å². The number of nitrogens with zero attached hydrogens (tertiary/aromatic N) is 2. The Hall–Kier alpha value is -2.28. The molecule has 1 aromatic heterocycles. The summed E-state index contributed by atoms with van der Waals surface area (Å²) in [4.78, 5) is 5.94. The number of hydrogen-bond donors (Lipinski definition) is 1. The number of rotatable bonds is 8. The Kier molecular flexibility index (Phi) is 6.26. The molecule has 0 spiro atoms. The minimum absolute atomic E-state index is 0.122. The third-order valence-electron chi connectivity index (χ3n) is 6.63. The molecule has 4 nitrogen and oxygen atoms in total. The second-order valence-corrected chi connectivity index (χ2v) is 9.81. The first-order chi connectivity index (χ1) is 15.7. The van der Waals surface area contributed by atoms with Crippen molar-refractivity contribution in [2.24, 2.45) is 5.92 Å². The van der Waals surface area contributed by atoms with Crippen molar-refractivity contribution in [1.82, 2.24) is 14.2 Å². The number of H-pyrrole nitrogens is 1. The zero-order chi connectivity index (χ0) is 22.1. The van der Waals surface area contributed by atoms with E-state index in [0.717, 1.165) is 31.8 Å². The molecule has 1 fully saturated rings. The van der Waals surface area contributed by atoms with Crippen LogP contribution in [0, 0.1) is 5.92 Å². The Balaban J connectivity index is 1.35. The molecule has 2 atom stereocenters. The van der Waals surface area contributed by atoms with Crippen LogP contribution in [0.3, 0.4) is 0 Å². The number of aromatic amines is 1. The molecule has 1 N–H and O–H groups in total. The maximum atomic E-state index is 12.6. The molecule has 0 amide bonds. The lowest BCUT2D eigenvalue weighted by molar-refractivity contribution is 0.0668. The van der Waals surface area contributed by atoms with Gasteiger partial charge in [-0.15, -0.1) is 0 Å². The largest absolute Gasteiger partial charge is 0.492 e. The van der Waals surface area contributed by atoms with E-state index in [1.807, 2.05) is 5.41 Å². The van der Waals surface area contributed by atoms with Crippen LogP contribution in [0.4, 0.5) is 4.39 Å². The Bertz CT molecular complexity index is 1080. The van der Waals surface area contributed by atoms with Crippen LogP contribution < -0.4 is 4.74 Å². The van der Waals surface area contributed by atoms with Gasteiger partial charge in [0, 0.05) is 48.2 Å². The summed E-state index contributed by atoms with van der Waals surface area (Å²) in [7, 11) is 0. The van der Waals surface area contributed by atoms with Gasteiger partial charge < -0.3 is 9.72 Å². The predicted molar refractivity (Wildman–Crippen MR) is 131 cm³/mol. The number of nitrogens with one attached hydrogen (secondary N) is 1. The molecule has 2 aliphatic rings. The van der Waals surface area contributed by atoms with Gasteiger partial charge in [0.1, 0.15) is 12.4 Å². The molecule has 6 heteroatoms. The third kappa shape index (κ3) is 4.07. The van der Waals surface area contributed by atoms with E-state index in [1.54, 1.807) is 11.9 Å². The zero-order valence-corrected chi connectivity index (χ0v) is 19.3. The first-order valence-corrected chi connectivity index (χ1v) is 12.2. The molecule has 0 bridgehead atoms. The van der Waals surface area contributed by atoms with Gasteiger partial charge in [0.05, 0.1) is 12.7 Å². The number of ether oxygens (including phenoxy) is 1. The lowest BCUT2D eigenvalue weighted by Gasteiger charge is -2.39. The maximum Gasteiger partial charge on any atom is 0.119 e. The monoisotopic (exact) mass is 451 g/mol. The van der Waals surface area contributed by atoms with E-state index in [-0.39, 0.29) is 18.6 Å². The van der Waals surface area contributed by atoms with E-state index in [9.17, 15) is 4.39 Å². The highest BCUT2D eigenvalue weighted by Gasteiger charge is 2.35. The van der Waals surface area contributed by atoms with Crippen molar-refractivity contribution in [2.75, 3.05) is 32.9 Å². The van der Waals surface area contributed by atoms with Crippen LogP contribution >= 0.6 is 11.9 Å². The van der Waals surface area contributed by atoms with Crippen molar-refractivity contribution in [3.63, 3.8) is 0 Å². The number of para-hydroxylation sites is 1. The van der Waals surface area contributed by atoms with Gasteiger partial charge >= 0.3 is 0 Å². The zero-order valence-electron chi connectivity index (χ0n) is 18.5. The van der Waals surface area contributed by atoms with Crippen molar-refractivity contribution in [2.45, 2.75) is 25.4 Å². The maximum absolute atomic E-state index is 12.6. The predicted octanol–water partition coefficient (Wildman–Crippen LogP) is 5.58. The van der Waals surface area contributed by atoms with Crippen LogP contribution in [0.2, 0.25) is 0 Å². The lowest BCUT2D eigenvalue weighted by atomic mass is 9.91. The molecule has 5 rings (SSSR count). The quantitative estimate of drug-likeness (QED) is 0.453. The van der Waals surface area contributed by atoms with Crippen molar-refractivity contribution in [3.05, 3.63) is 77.3 Å². The number of halogens is 1. The Morgan fingerprint density at radius 1 is 1.19 bits per heavy atom. The van der Waals surface area contributed by atoms with Crippen LogP contribution in [0.1, 0.15) is 29.8 Å². The SMILES string of the molecule is C=CSN1[C@H](c2ccc(OCCN3CC(CF)C3)cc2)c2[nH]c3ccccc3c2C[C@H]1C. The van der Waals surface area contributed by atoms with Crippen molar-refractivity contribution < 1.29 is 9.13 Å². The smallest absolute Gasteiger partial charge is 0.119 e. The molecule has 0 radical (unpaired) electrons. The molecule has 2 aliphatic heterocycles. The minimum Gasteiger partial charge on any atom is -0.492 e. The molecule has 0 saturated carbocycles. The highest BCUT2D eigenvalue weighted by Crippen LogP contribution is 2.44. The normalized spacial score (nSPS) is 21.9. The number of benzene rings is 2. The second-order valence-electron chi connectivity index (χ2n) is 8.85. The van der Waals surface area contributed by atoms with Gasteiger partial charge in [-0.2, -0.15) is 0 Å². The topological polar surface area (TPSA) is 31.5 Å². The summed E-state index contributed by atoms with van der Waals surface area (Å²) < 4.78 is 21.0. The van der Waals surface area contributed by atoms with Crippen LogP contribution in [-0.2, 0) is 6.42 Å². The molecule has 1 saturated heterocycles. The number of likely N-dealkylation sites (tertiary alicyclic amines) is 1. The van der Waals surface area contributed by atoms with Crippen molar-refractivity contribution in [3.8, 4) is 5.75 Å². The number of aromatic nitrogens is 1. The molecular formula is C26H30FN3OS. The number of alkyl halides is 1. The van der Waals surface area contributed by atoms with Gasteiger partial charge in [-0.25, -0.2) is 4.31 Å². The van der Waals surface area contributed by atoms with Crippen molar-refractivity contribution in [1.29, 1.82) is 0 Å². The van der Waals surface area contributed by atoms with Crippen LogP contribution in [0.25, 0.3) is 10.9 Å². The number of hydrogen-bond acceptors (Lipinski definition) is 4. The fourth-order valence-corrected chi connectivity index (χ4v) is 5.80. The van der Waals surface area contributed by atoms with Gasteiger partial charge in [0.15, 0.2) is 0 Å². The van der Waals surface area contributed by atoms with E-state index < -0.39 is 0 Å². The Labute approximate surface area is 193 Å². The lowest BCUT2D eigenvalue weighted by Crippen LogP contribution is -2.49. The highest BCUT2D eigenvalue weighted by atomic mass is 32.2. The van der Waals surface area contributed by atoms with Gasteiger partial charge in [-0.1, -0.05) is 36.9 Å². The molecule has 0 unspecified atom stereocenters. The summed E-state index contributed by atoms with van der Waals surface area (Å²) in [6, 6.07) is 17.6. The molecule has 168 valence electrons. The van der Waals surface area contributed by atoms with E-state index in [4.69, 9.17) is 4.74 Å². The molecule has 3 aromatic rings. The molecule has 2 aromatic carbocycles. The van der Waals surface area contributed by atoms with Crippen LogP contribution in [-0.4, -0.2) is 53.1 Å². The summed E-state index contributed by atoms with van der Waals surface area (Å²) in [5.41, 5.74) is 5.12. The average Bonchev–Trinajstić information content (AvgIpc) is 3.14. The first-order valence-electron chi connectivity index (χ1n) is 11.3. The fourth-order valence-electron chi connectivity index (χ4n) is 5.00. The highest BCUT2D eigenvalue weighted by molar-refractivity contribution is 7.99. The molecular weight excluding hydrogens is 421 g/mol. The van der Waals surface area contributed by atoms with Gasteiger partial charge in [0.25, 0.3) is 0 Å². The molecule has 3 heterocycles.